The Morgan fingerprint density at radius 3 is 2.12 bits per heavy atom. The number of phenolic OH excluding ortho intramolecular Hbond substituents is 1. The van der Waals surface area contributed by atoms with Crippen LogP contribution in [0.15, 0.2) is 48.5 Å². The number of rotatable bonds is 8. The molecule has 1 N–H and O–H groups in total. The molecule has 1 saturated heterocycles. The Labute approximate surface area is 157 Å². The van der Waals surface area contributed by atoms with Gasteiger partial charge in [0.2, 0.25) is 9.03 Å². The summed E-state index contributed by atoms with van der Waals surface area (Å²) in [5.74, 6) is 1.09. The molecule has 1 aliphatic heterocycles. The van der Waals surface area contributed by atoms with Gasteiger partial charge in [-0.1, -0.05) is 45.0 Å². The Morgan fingerprint density at radius 2 is 1.62 bits per heavy atom. The van der Waals surface area contributed by atoms with Crippen molar-refractivity contribution in [3.8, 4) is 11.5 Å². The molecule has 26 heavy (non-hydrogen) atoms. The summed E-state index contributed by atoms with van der Waals surface area (Å²) >= 11 is 0. The lowest BCUT2D eigenvalue weighted by molar-refractivity contribution is -0.132. The predicted octanol–water partition coefficient (Wildman–Crippen LogP) is 5.05. The van der Waals surface area contributed by atoms with Crippen LogP contribution < -0.4 is 4.52 Å². The average molecular weight is 374 g/mol. The Hall–Kier alpha value is -1.61. The summed E-state index contributed by atoms with van der Waals surface area (Å²) in [4.78, 5) is 0. The van der Waals surface area contributed by atoms with Gasteiger partial charge in [0.15, 0.2) is 0 Å². The van der Waals surface area contributed by atoms with Crippen molar-refractivity contribution in [3.05, 3.63) is 59.7 Å². The summed E-state index contributed by atoms with van der Waals surface area (Å²) < 4.78 is 16.8. The maximum atomic E-state index is 9.48. The van der Waals surface area contributed by atoms with Gasteiger partial charge in [-0.15, -0.1) is 0 Å². The van der Waals surface area contributed by atoms with Crippen LogP contribution in [-0.2, 0) is 14.7 Å². The summed E-state index contributed by atoms with van der Waals surface area (Å²) in [7, 11) is -0.00537. The first-order valence-corrected chi connectivity index (χ1v) is 9.78. The number of hydrogen-bond donors (Lipinski definition) is 1. The molecule has 0 bridgehead atoms. The first-order chi connectivity index (χ1) is 12.5. The van der Waals surface area contributed by atoms with Crippen LogP contribution in [0.25, 0.3) is 0 Å². The van der Waals surface area contributed by atoms with Crippen molar-refractivity contribution in [2.45, 2.75) is 32.6 Å². The largest absolute Gasteiger partial charge is 0.508 e. The van der Waals surface area contributed by atoms with Gasteiger partial charge in [-0.2, -0.15) is 0 Å². The van der Waals surface area contributed by atoms with E-state index in [1.54, 1.807) is 12.1 Å². The molecule has 5 heteroatoms. The molecule has 4 nitrogen and oxygen atoms in total. The van der Waals surface area contributed by atoms with E-state index in [-0.39, 0.29) is 25.6 Å². The lowest BCUT2D eigenvalue weighted by Gasteiger charge is -2.40. The van der Waals surface area contributed by atoms with E-state index in [1.807, 2.05) is 24.3 Å². The van der Waals surface area contributed by atoms with Crippen LogP contribution in [-0.4, -0.2) is 24.9 Å². The van der Waals surface area contributed by atoms with Crippen LogP contribution in [0.3, 0.4) is 0 Å². The fraction of sp³-hybridized carbons (Fsp3) is 0.429. The van der Waals surface area contributed by atoms with Gasteiger partial charge in [0, 0.05) is 10.8 Å². The first-order valence-electron chi connectivity index (χ1n) is 8.97. The molecule has 1 atom stereocenters. The normalized spacial score (nSPS) is 16.6. The second kappa shape index (κ2) is 7.96. The maximum Gasteiger partial charge on any atom is 0.215 e. The second-order valence-electron chi connectivity index (χ2n) is 7.52. The molecule has 1 heterocycles. The summed E-state index contributed by atoms with van der Waals surface area (Å²) in [6.45, 7) is 8.78. The van der Waals surface area contributed by atoms with Crippen molar-refractivity contribution in [1.82, 2.24) is 0 Å². The van der Waals surface area contributed by atoms with Crippen molar-refractivity contribution < 1.29 is 18.9 Å². The van der Waals surface area contributed by atoms with Crippen molar-refractivity contribution in [2.75, 3.05) is 19.8 Å². The zero-order valence-electron chi connectivity index (χ0n) is 15.6. The molecular formula is C21H27O4P. The van der Waals surface area contributed by atoms with Crippen LogP contribution in [0, 0.1) is 5.41 Å². The predicted molar refractivity (Wildman–Crippen MR) is 105 cm³/mol. The Bertz CT molecular complexity index is 700. The third kappa shape index (κ3) is 4.20. The average Bonchev–Trinajstić information content (AvgIpc) is 2.61. The number of hydrogen-bond acceptors (Lipinski definition) is 4. The van der Waals surface area contributed by atoms with Gasteiger partial charge >= 0.3 is 0 Å². The number of benzene rings is 2. The molecule has 1 fully saturated rings. The van der Waals surface area contributed by atoms with E-state index in [2.05, 4.69) is 32.9 Å². The van der Waals surface area contributed by atoms with Crippen LogP contribution in [0.1, 0.15) is 38.3 Å². The molecule has 0 aliphatic carbocycles. The molecule has 1 unspecified atom stereocenters. The van der Waals surface area contributed by atoms with Crippen molar-refractivity contribution >= 4 is 9.03 Å². The van der Waals surface area contributed by atoms with Gasteiger partial charge in [0.1, 0.15) is 11.5 Å². The Morgan fingerprint density at radius 1 is 1.04 bits per heavy atom. The summed E-state index contributed by atoms with van der Waals surface area (Å²) in [6.07, 6.45) is 1.07. The highest BCUT2D eigenvalue weighted by atomic mass is 31.1. The lowest BCUT2D eigenvalue weighted by Crippen LogP contribution is -2.45. The van der Waals surface area contributed by atoms with E-state index in [0.717, 1.165) is 30.9 Å². The fourth-order valence-corrected chi connectivity index (χ4v) is 3.68. The Balaban J connectivity index is 1.55. The van der Waals surface area contributed by atoms with Gasteiger partial charge in [-0.3, -0.25) is 0 Å². The standard InChI is InChI=1S/C21H27O4P/c1-4-21(13-23-14-21)15-24-26-25-19-11-7-17(8-12-19)20(2,3)16-5-9-18(22)10-6-16/h5-12,22,26H,4,13-15H2,1-3H3. The SMILES string of the molecule is CCC1(COPOc2ccc(C(C)(C)c3ccc(O)cc3)cc2)COC1. The van der Waals surface area contributed by atoms with Crippen molar-refractivity contribution in [3.63, 3.8) is 0 Å². The second-order valence-corrected chi connectivity index (χ2v) is 8.18. The summed E-state index contributed by atoms with van der Waals surface area (Å²) in [5, 5.41) is 9.48. The van der Waals surface area contributed by atoms with Gasteiger partial charge in [-0.25, -0.2) is 0 Å². The van der Waals surface area contributed by atoms with E-state index in [0.29, 0.717) is 6.61 Å². The van der Waals surface area contributed by atoms with Crippen LogP contribution in [0.2, 0.25) is 0 Å². The molecule has 0 radical (unpaired) electrons. The number of aromatic hydroxyl groups is 1. The molecule has 0 amide bonds. The van der Waals surface area contributed by atoms with E-state index in [4.69, 9.17) is 13.8 Å². The minimum absolute atomic E-state index is 0.00537. The third-order valence-electron chi connectivity index (χ3n) is 5.33. The van der Waals surface area contributed by atoms with Gasteiger partial charge < -0.3 is 18.9 Å². The molecule has 2 aromatic carbocycles. The number of ether oxygens (including phenoxy) is 1. The highest BCUT2D eigenvalue weighted by molar-refractivity contribution is 7.26. The van der Waals surface area contributed by atoms with Crippen LogP contribution in [0.4, 0.5) is 0 Å². The molecule has 0 aromatic heterocycles. The van der Waals surface area contributed by atoms with E-state index < -0.39 is 0 Å². The monoisotopic (exact) mass is 374 g/mol. The zero-order valence-corrected chi connectivity index (χ0v) is 16.6. The van der Waals surface area contributed by atoms with Gasteiger partial charge in [-0.05, 0) is 41.8 Å². The van der Waals surface area contributed by atoms with Gasteiger partial charge in [0.05, 0.1) is 19.8 Å². The molecule has 2 aromatic rings. The van der Waals surface area contributed by atoms with E-state index in [9.17, 15) is 5.11 Å². The molecule has 0 saturated carbocycles. The van der Waals surface area contributed by atoms with Crippen molar-refractivity contribution in [1.29, 1.82) is 0 Å². The van der Waals surface area contributed by atoms with E-state index >= 15 is 0 Å². The minimum Gasteiger partial charge on any atom is -0.508 e. The molecule has 1 aliphatic rings. The topological polar surface area (TPSA) is 47.9 Å². The molecule has 140 valence electrons. The third-order valence-corrected chi connectivity index (χ3v) is 5.91. The van der Waals surface area contributed by atoms with Crippen LogP contribution >= 0.6 is 9.03 Å². The zero-order chi connectivity index (χ0) is 18.6. The summed E-state index contributed by atoms with van der Waals surface area (Å²) in [6, 6.07) is 15.5. The minimum atomic E-state index is -0.150. The number of phenols is 1. The quantitative estimate of drug-likeness (QED) is 0.519. The highest BCUT2D eigenvalue weighted by Gasteiger charge is 2.37. The molecule has 3 rings (SSSR count). The smallest absolute Gasteiger partial charge is 0.215 e. The molecular weight excluding hydrogens is 347 g/mol. The van der Waals surface area contributed by atoms with Gasteiger partial charge in [0.25, 0.3) is 0 Å². The summed E-state index contributed by atoms with van der Waals surface area (Å²) in [5.41, 5.74) is 2.38. The first kappa shape index (κ1) is 19.2. The highest BCUT2D eigenvalue weighted by Crippen LogP contribution is 2.36. The maximum absolute atomic E-state index is 9.48. The lowest BCUT2D eigenvalue weighted by atomic mass is 9.78. The molecule has 0 spiro atoms. The van der Waals surface area contributed by atoms with Crippen LogP contribution in [0.5, 0.6) is 11.5 Å². The van der Waals surface area contributed by atoms with E-state index in [1.165, 1.54) is 5.56 Å². The fourth-order valence-electron chi connectivity index (χ4n) is 3.02. The van der Waals surface area contributed by atoms with Crippen molar-refractivity contribution in [2.24, 2.45) is 5.41 Å². The Kier molecular flexibility index (Phi) is 5.86.